The van der Waals surface area contributed by atoms with E-state index in [0.29, 0.717) is 29.4 Å². The molecular formula is C26H32FN5O2. The van der Waals surface area contributed by atoms with Gasteiger partial charge in [-0.15, -0.1) is 0 Å². The van der Waals surface area contributed by atoms with Crippen molar-refractivity contribution in [1.29, 1.82) is 0 Å². The number of piperidine rings is 1. The number of anilines is 1. The minimum absolute atomic E-state index is 0.0357. The summed E-state index contributed by atoms with van der Waals surface area (Å²) in [5.41, 5.74) is -1.03. The fourth-order valence-electron chi connectivity index (χ4n) is 8.06. The number of alkyl halides is 1. The molecule has 0 radical (unpaired) electrons. The molecule has 2 aromatic rings. The molecule has 34 heavy (non-hydrogen) atoms. The highest BCUT2D eigenvalue weighted by Gasteiger charge is 2.59. The zero-order valence-corrected chi connectivity index (χ0v) is 19.9. The molecule has 6 bridgehead atoms. The molecular weight excluding hydrogens is 433 g/mol. The highest BCUT2D eigenvalue weighted by atomic mass is 19.1. The number of aromatic nitrogens is 3. The van der Waals surface area contributed by atoms with Crippen molar-refractivity contribution >= 4 is 11.7 Å². The molecule has 7 fully saturated rings. The van der Waals surface area contributed by atoms with Gasteiger partial charge in [0.1, 0.15) is 5.82 Å². The van der Waals surface area contributed by atoms with Gasteiger partial charge in [0.15, 0.2) is 5.67 Å². The van der Waals surface area contributed by atoms with Crippen molar-refractivity contribution < 1.29 is 13.7 Å². The maximum atomic E-state index is 14.0. The summed E-state index contributed by atoms with van der Waals surface area (Å²) in [5, 5.41) is 3.90. The Labute approximate surface area is 199 Å². The first-order chi connectivity index (χ1) is 16.3. The Hall–Kier alpha value is -2.51. The summed E-state index contributed by atoms with van der Waals surface area (Å²) in [4.78, 5) is 27.2. The molecule has 2 aromatic heterocycles. The van der Waals surface area contributed by atoms with Crippen molar-refractivity contribution in [2.75, 3.05) is 18.0 Å². The third kappa shape index (κ3) is 3.13. The van der Waals surface area contributed by atoms with Crippen LogP contribution in [0.2, 0.25) is 0 Å². The van der Waals surface area contributed by atoms with E-state index >= 15 is 0 Å². The molecule has 7 aliphatic rings. The smallest absolute Gasteiger partial charge is 0.264 e. The number of hydrogen-bond donors (Lipinski definition) is 0. The van der Waals surface area contributed by atoms with Crippen LogP contribution in [0.25, 0.3) is 11.4 Å². The van der Waals surface area contributed by atoms with E-state index < -0.39 is 5.67 Å². The molecule has 0 aromatic carbocycles. The maximum Gasteiger partial charge on any atom is 0.264 e. The van der Waals surface area contributed by atoms with E-state index in [0.717, 1.165) is 62.3 Å². The monoisotopic (exact) mass is 465 g/mol. The Morgan fingerprint density at radius 1 is 1.06 bits per heavy atom. The summed E-state index contributed by atoms with van der Waals surface area (Å²) in [5.74, 6) is 4.06. The predicted octanol–water partition coefficient (Wildman–Crippen LogP) is 4.34. The average molecular weight is 466 g/mol. The summed E-state index contributed by atoms with van der Waals surface area (Å²) in [6.45, 7) is 4.46. The topological polar surface area (TPSA) is 75.4 Å². The van der Waals surface area contributed by atoms with E-state index in [2.05, 4.69) is 24.9 Å². The van der Waals surface area contributed by atoms with Crippen LogP contribution in [0.5, 0.6) is 0 Å². The summed E-state index contributed by atoms with van der Waals surface area (Å²) in [7, 11) is 0. The number of nitrogens with zero attached hydrogens (tertiary/aromatic N) is 5. The summed E-state index contributed by atoms with van der Waals surface area (Å²) < 4.78 is 19.1. The lowest BCUT2D eigenvalue weighted by Crippen LogP contribution is -2.73. The van der Waals surface area contributed by atoms with Crippen molar-refractivity contribution in [3.05, 3.63) is 24.2 Å². The highest BCUT2D eigenvalue weighted by molar-refractivity contribution is 5.85. The third-order valence-electron chi connectivity index (χ3n) is 9.18. The van der Waals surface area contributed by atoms with E-state index in [1.807, 2.05) is 12.1 Å². The van der Waals surface area contributed by atoms with E-state index in [1.54, 1.807) is 6.20 Å². The van der Waals surface area contributed by atoms with Gasteiger partial charge in [0.05, 0.1) is 17.5 Å². The zero-order chi connectivity index (χ0) is 23.2. The van der Waals surface area contributed by atoms with E-state index in [-0.39, 0.29) is 11.3 Å². The molecule has 5 heterocycles. The van der Waals surface area contributed by atoms with E-state index in [1.165, 1.54) is 33.1 Å². The van der Waals surface area contributed by atoms with Gasteiger partial charge in [-0.25, -0.2) is 9.37 Å². The Morgan fingerprint density at radius 2 is 1.71 bits per heavy atom. The number of carbonyl (C=O) groups excluding carboxylic acids is 1. The molecule has 0 N–H and O–H groups in total. The summed E-state index contributed by atoms with van der Waals surface area (Å²) in [6, 6.07) is 4.46. The van der Waals surface area contributed by atoms with Crippen LogP contribution >= 0.6 is 0 Å². The van der Waals surface area contributed by atoms with Crippen molar-refractivity contribution in [2.24, 2.45) is 23.2 Å². The predicted molar refractivity (Wildman–Crippen MR) is 124 cm³/mol. The minimum atomic E-state index is -1.67. The normalized spacial score (nSPS) is 36.0. The quantitative estimate of drug-likeness (QED) is 0.669. The number of halogens is 1. The number of rotatable bonds is 4. The molecule has 1 amide bonds. The molecule has 4 aliphatic carbocycles. The fourth-order valence-corrected chi connectivity index (χ4v) is 8.06. The second-order valence-corrected chi connectivity index (χ2v) is 12.2. The fraction of sp³-hybridized carbons (Fsp3) is 0.692. The highest BCUT2D eigenvalue weighted by Crippen LogP contribution is 2.61. The number of fused-ring (bicyclic) bond motifs is 2. The van der Waals surface area contributed by atoms with Crippen molar-refractivity contribution in [3.8, 4) is 11.4 Å². The molecule has 2 unspecified atom stereocenters. The lowest BCUT2D eigenvalue weighted by molar-refractivity contribution is -0.172. The van der Waals surface area contributed by atoms with Crippen molar-refractivity contribution in [1.82, 2.24) is 20.0 Å². The van der Waals surface area contributed by atoms with Gasteiger partial charge >= 0.3 is 0 Å². The molecule has 180 valence electrons. The number of pyridine rings is 1. The summed E-state index contributed by atoms with van der Waals surface area (Å²) in [6.07, 6.45) is 10.3. The van der Waals surface area contributed by atoms with Crippen LogP contribution in [0.1, 0.15) is 64.7 Å². The molecule has 3 saturated heterocycles. The second kappa shape index (κ2) is 7.01. The first-order valence-electron chi connectivity index (χ1n) is 12.8. The average Bonchev–Trinajstić information content (AvgIpc) is 3.29. The SMILES string of the molecule is CC(C)(F)c1nc(-c2ccc(N3CC4CC(C3)N4C(=O)C34CC5CC(CC(C5)C3)C4)nc2)no1. The third-order valence-corrected chi connectivity index (χ3v) is 9.18. The van der Waals surface area contributed by atoms with Crippen LogP contribution in [0, 0.1) is 23.2 Å². The molecule has 9 rings (SSSR count). The molecule has 7 nitrogen and oxygen atoms in total. The lowest BCUT2D eigenvalue weighted by Gasteiger charge is -2.62. The van der Waals surface area contributed by atoms with Gasteiger partial charge in [0, 0.05) is 24.8 Å². The molecule has 4 saturated carbocycles. The maximum absolute atomic E-state index is 14.0. The van der Waals surface area contributed by atoms with Crippen molar-refractivity contribution in [3.63, 3.8) is 0 Å². The van der Waals surface area contributed by atoms with Crippen LogP contribution < -0.4 is 4.90 Å². The Bertz CT molecular complexity index is 1080. The van der Waals surface area contributed by atoms with Crippen LogP contribution in [-0.2, 0) is 10.5 Å². The first kappa shape index (κ1) is 20.8. The second-order valence-electron chi connectivity index (χ2n) is 12.2. The number of carbonyl (C=O) groups is 1. The van der Waals surface area contributed by atoms with E-state index in [4.69, 9.17) is 4.52 Å². The van der Waals surface area contributed by atoms with E-state index in [9.17, 15) is 9.18 Å². The molecule has 2 atom stereocenters. The lowest BCUT2D eigenvalue weighted by atomic mass is 9.49. The molecule has 3 aliphatic heterocycles. The summed E-state index contributed by atoms with van der Waals surface area (Å²) >= 11 is 0. The number of piperazine rings is 1. The van der Waals surface area contributed by atoms with Gasteiger partial charge in [-0.1, -0.05) is 5.16 Å². The first-order valence-corrected chi connectivity index (χ1v) is 12.8. The van der Waals surface area contributed by atoms with Gasteiger partial charge in [0.2, 0.25) is 11.7 Å². The van der Waals surface area contributed by atoms with Crippen LogP contribution in [0.3, 0.4) is 0 Å². The van der Waals surface area contributed by atoms with Crippen molar-refractivity contribution in [2.45, 2.75) is 76.5 Å². The van der Waals surface area contributed by atoms with Gasteiger partial charge < -0.3 is 14.3 Å². The van der Waals surface area contributed by atoms with Crippen LogP contribution in [-0.4, -0.2) is 51.1 Å². The largest absolute Gasteiger partial charge is 0.352 e. The Kier molecular flexibility index (Phi) is 4.30. The number of amides is 1. The van der Waals surface area contributed by atoms with Crippen LogP contribution in [0.15, 0.2) is 22.9 Å². The standard InChI is InChI=1S/C26H32FN5O2/c1-25(2,27)23-29-22(30-34-23)18-3-4-21(28-12-18)31-13-19-8-20(14-31)32(19)24(33)26-9-15-5-16(10-26)7-17(6-15)11-26/h3-4,12,15-17,19-20H,5-11,13-14H2,1-2H3. The Balaban J connectivity index is 1.04. The van der Waals surface area contributed by atoms with Gasteiger partial charge in [-0.05, 0) is 88.7 Å². The molecule has 0 spiro atoms. The zero-order valence-electron chi connectivity index (χ0n) is 19.9. The number of hydrogen-bond acceptors (Lipinski definition) is 6. The van der Waals surface area contributed by atoms with Crippen LogP contribution in [0.4, 0.5) is 10.2 Å². The van der Waals surface area contributed by atoms with Gasteiger partial charge in [0.25, 0.3) is 5.89 Å². The molecule has 8 heteroatoms. The van der Waals surface area contributed by atoms with Gasteiger partial charge in [-0.3, -0.25) is 4.79 Å². The van der Waals surface area contributed by atoms with Gasteiger partial charge in [-0.2, -0.15) is 4.98 Å². The minimum Gasteiger partial charge on any atom is -0.352 e. The Morgan fingerprint density at radius 3 is 2.24 bits per heavy atom.